The maximum absolute atomic E-state index is 2.43. The van der Waals surface area contributed by atoms with Crippen LogP contribution in [0.1, 0.15) is 22.3 Å². The molecule has 0 amide bonds. The first-order valence-corrected chi connectivity index (χ1v) is 22.0. The number of rotatable bonds is 9. The molecule has 0 spiro atoms. The second kappa shape index (κ2) is 15.5. The van der Waals surface area contributed by atoms with Crippen LogP contribution in [-0.4, -0.2) is 4.57 Å². The largest absolute Gasteiger partial charge is 0.311 e. The Morgan fingerprint density at radius 2 is 0.703 bits per heavy atom. The summed E-state index contributed by atoms with van der Waals surface area (Å²) in [7, 11) is 0. The molecule has 1 aliphatic carbocycles. The van der Waals surface area contributed by atoms with Gasteiger partial charge in [-0.1, -0.05) is 170 Å². The Balaban J connectivity index is 1.09. The first-order chi connectivity index (χ1) is 31.8. The second-order valence-electron chi connectivity index (χ2n) is 16.5. The van der Waals surface area contributed by atoms with Crippen molar-refractivity contribution in [2.75, 3.05) is 9.80 Å². The SMILES string of the molecule is c1ccc(N(c2ccccc2)c2ccc(N(c3cccc(C4(c5ccccc5)c5ccccc5-c5ccccc54)c3)c3ccc4c5ccccc5n(-c5ccccc5)c4c3)cc2)cc1. The minimum absolute atomic E-state index is 0.532. The lowest BCUT2D eigenvalue weighted by Gasteiger charge is -2.35. The van der Waals surface area contributed by atoms with Crippen molar-refractivity contribution in [1.29, 1.82) is 0 Å². The number of hydrogen-bond acceptors (Lipinski definition) is 2. The topological polar surface area (TPSA) is 11.4 Å². The summed E-state index contributed by atoms with van der Waals surface area (Å²) < 4.78 is 2.40. The van der Waals surface area contributed by atoms with Crippen LogP contribution in [0.25, 0.3) is 38.6 Å². The van der Waals surface area contributed by atoms with E-state index in [2.05, 4.69) is 275 Å². The molecule has 1 aromatic heterocycles. The van der Waals surface area contributed by atoms with E-state index in [1.807, 2.05) is 0 Å². The molecule has 0 fully saturated rings. The number of benzene rings is 10. The van der Waals surface area contributed by atoms with Crippen LogP contribution in [0.15, 0.2) is 261 Å². The van der Waals surface area contributed by atoms with Crippen LogP contribution >= 0.6 is 0 Å². The summed E-state index contributed by atoms with van der Waals surface area (Å²) in [6, 6.07) is 94.9. The Bertz CT molecular complexity index is 3350. The van der Waals surface area contributed by atoms with Gasteiger partial charge in [0.2, 0.25) is 0 Å². The van der Waals surface area contributed by atoms with E-state index in [0.717, 1.165) is 45.3 Å². The Morgan fingerprint density at radius 1 is 0.281 bits per heavy atom. The van der Waals surface area contributed by atoms with Gasteiger partial charge >= 0.3 is 0 Å². The molecule has 11 aromatic rings. The van der Waals surface area contributed by atoms with E-state index >= 15 is 0 Å². The molecule has 10 aromatic carbocycles. The summed E-state index contributed by atoms with van der Waals surface area (Å²) in [6.45, 7) is 0. The molecule has 0 saturated heterocycles. The smallest absolute Gasteiger partial charge is 0.0714 e. The van der Waals surface area contributed by atoms with Gasteiger partial charge in [-0.25, -0.2) is 0 Å². The summed E-state index contributed by atoms with van der Waals surface area (Å²) in [5, 5.41) is 2.45. The van der Waals surface area contributed by atoms with Gasteiger partial charge < -0.3 is 14.4 Å². The fourth-order valence-corrected chi connectivity index (χ4v) is 10.3. The summed E-state index contributed by atoms with van der Waals surface area (Å²) in [5.41, 5.74) is 17.1. The van der Waals surface area contributed by atoms with Gasteiger partial charge in [0, 0.05) is 50.6 Å². The Morgan fingerprint density at radius 3 is 1.33 bits per heavy atom. The predicted molar refractivity (Wildman–Crippen MR) is 267 cm³/mol. The first-order valence-electron chi connectivity index (χ1n) is 22.0. The van der Waals surface area contributed by atoms with Crippen LogP contribution in [-0.2, 0) is 5.41 Å². The van der Waals surface area contributed by atoms with E-state index < -0.39 is 5.41 Å². The zero-order valence-electron chi connectivity index (χ0n) is 35.2. The van der Waals surface area contributed by atoms with Crippen molar-refractivity contribution < 1.29 is 0 Å². The van der Waals surface area contributed by atoms with Gasteiger partial charge in [-0.15, -0.1) is 0 Å². The highest BCUT2D eigenvalue weighted by Gasteiger charge is 2.46. The van der Waals surface area contributed by atoms with Crippen molar-refractivity contribution in [3.63, 3.8) is 0 Å². The van der Waals surface area contributed by atoms with E-state index in [-0.39, 0.29) is 0 Å². The number of aromatic nitrogens is 1. The highest BCUT2D eigenvalue weighted by atomic mass is 15.2. The van der Waals surface area contributed by atoms with Crippen LogP contribution in [0.3, 0.4) is 0 Å². The molecule has 1 heterocycles. The van der Waals surface area contributed by atoms with Crippen LogP contribution in [0.4, 0.5) is 34.1 Å². The summed E-state index contributed by atoms with van der Waals surface area (Å²) in [5.74, 6) is 0. The average molecular weight is 818 g/mol. The number of fused-ring (bicyclic) bond motifs is 6. The molecule has 0 aliphatic heterocycles. The number of nitrogens with zero attached hydrogens (tertiary/aromatic N) is 3. The molecule has 0 radical (unpaired) electrons. The molecule has 3 heteroatoms. The lowest BCUT2D eigenvalue weighted by Crippen LogP contribution is -2.28. The molecular formula is C61H43N3. The van der Waals surface area contributed by atoms with Crippen LogP contribution in [0.5, 0.6) is 0 Å². The monoisotopic (exact) mass is 817 g/mol. The number of hydrogen-bond donors (Lipinski definition) is 0. The minimum atomic E-state index is -0.532. The van der Waals surface area contributed by atoms with Gasteiger partial charge in [-0.2, -0.15) is 0 Å². The standard InChI is InChI=1S/C61H43N3/c1-5-20-44(21-6-1)61(57-33-16-13-30-53(57)54-31-14-17-34-58(54)61)45-22-19-29-51(42-45)63(50-38-36-49(37-39-50)62(46-23-7-2-8-24-46)47-25-9-3-10-26-47)52-40-41-56-55-32-15-18-35-59(55)64(60(56)43-52)48-27-11-4-12-28-48/h1-43H. The van der Waals surface area contributed by atoms with Crippen LogP contribution < -0.4 is 9.80 Å². The Kier molecular flexibility index (Phi) is 9.05. The fourth-order valence-electron chi connectivity index (χ4n) is 10.3. The van der Waals surface area contributed by atoms with Crippen molar-refractivity contribution in [1.82, 2.24) is 4.57 Å². The normalized spacial score (nSPS) is 12.5. The van der Waals surface area contributed by atoms with E-state index in [1.54, 1.807) is 0 Å². The summed E-state index contributed by atoms with van der Waals surface area (Å²) >= 11 is 0. The molecule has 1 aliphatic rings. The van der Waals surface area contributed by atoms with Gasteiger partial charge in [0.25, 0.3) is 0 Å². The van der Waals surface area contributed by atoms with E-state index in [1.165, 1.54) is 49.7 Å². The molecule has 0 bridgehead atoms. The molecule has 0 unspecified atom stereocenters. The van der Waals surface area contributed by atoms with Crippen molar-refractivity contribution in [2.45, 2.75) is 5.41 Å². The molecule has 0 saturated carbocycles. The summed E-state index contributed by atoms with van der Waals surface area (Å²) in [6.07, 6.45) is 0. The van der Waals surface area contributed by atoms with Crippen LogP contribution in [0, 0.1) is 0 Å². The highest BCUT2D eigenvalue weighted by Crippen LogP contribution is 2.56. The van der Waals surface area contributed by atoms with E-state index in [4.69, 9.17) is 0 Å². The maximum Gasteiger partial charge on any atom is 0.0714 e. The molecule has 0 atom stereocenters. The van der Waals surface area contributed by atoms with Gasteiger partial charge in [0.05, 0.1) is 16.4 Å². The van der Waals surface area contributed by atoms with Crippen molar-refractivity contribution >= 4 is 55.9 Å². The van der Waals surface area contributed by atoms with Gasteiger partial charge in [0.1, 0.15) is 0 Å². The van der Waals surface area contributed by atoms with Crippen LogP contribution in [0.2, 0.25) is 0 Å². The van der Waals surface area contributed by atoms with E-state index in [9.17, 15) is 0 Å². The molecule has 64 heavy (non-hydrogen) atoms. The fraction of sp³-hybridized carbons (Fsp3) is 0.0164. The quantitative estimate of drug-likeness (QED) is 0.144. The van der Waals surface area contributed by atoms with E-state index in [0.29, 0.717) is 0 Å². The molecule has 12 rings (SSSR count). The number of anilines is 6. The molecule has 302 valence electrons. The average Bonchev–Trinajstić information content (AvgIpc) is 3.87. The lowest BCUT2D eigenvalue weighted by atomic mass is 9.67. The van der Waals surface area contributed by atoms with Crippen molar-refractivity contribution in [2.24, 2.45) is 0 Å². The first kappa shape index (κ1) is 37.4. The van der Waals surface area contributed by atoms with Crippen molar-refractivity contribution in [3.8, 4) is 16.8 Å². The Hall–Kier alpha value is -8.40. The Labute approximate surface area is 374 Å². The number of para-hydroxylation sites is 4. The molecule has 0 N–H and O–H groups in total. The molecule has 3 nitrogen and oxygen atoms in total. The highest BCUT2D eigenvalue weighted by molar-refractivity contribution is 6.10. The lowest BCUT2D eigenvalue weighted by molar-refractivity contribution is 0.768. The third kappa shape index (κ3) is 5.97. The third-order valence-electron chi connectivity index (χ3n) is 13.0. The van der Waals surface area contributed by atoms with Gasteiger partial charge in [0.15, 0.2) is 0 Å². The second-order valence-corrected chi connectivity index (χ2v) is 16.5. The zero-order chi connectivity index (χ0) is 42.5. The third-order valence-corrected chi connectivity index (χ3v) is 13.0. The molecular weight excluding hydrogens is 775 g/mol. The van der Waals surface area contributed by atoms with Crippen molar-refractivity contribution in [3.05, 3.63) is 283 Å². The predicted octanol–water partition coefficient (Wildman–Crippen LogP) is 16.1. The maximum atomic E-state index is 2.43. The zero-order valence-corrected chi connectivity index (χ0v) is 35.2. The van der Waals surface area contributed by atoms with Gasteiger partial charge in [-0.3, -0.25) is 0 Å². The summed E-state index contributed by atoms with van der Waals surface area (Å²) in [4.78, 5) is 4.75. The van der Waals surface area contributed by atoms with Gasteiger partial charge in [-0.05, 0) is 124 Å². The minimum Gasteiger partial charge on any atom is -0.311 e.